The first-order chi connectivity index (χ1) is 40.8. The first kappa shape index (κ1) is 33.1. The summed E-state index contributed by atoms with van der Waals surface area (Å²) in [6.45, 7) is 4.74. The molecule has 0 bridgehead atoms. The maximum absolute atomic E-state index is 6.35. The lowest BCUT2D eigenvalue weighted by molar-refractivity contribution is 0.218. The van der Waals surface area contributed by atoms with Crippen molar-refractivity contribution in [1.82, 2.24) is 4.90 Å². The Hall–Kier alpha value is -9.78. The van der Waals surface area contributed by atoms with Gasteiger partial charge in [0, 0.05) is 18.7 Å². The topological polar surface area (TPSA) is 12.5 Å². The highest BCUT2D eigenvalue weighted by molar-refractivity contribution is 6.82. The first-order valence-corrected chi connectivity index (χ1v) is 30.6. The molecule has 5 aliphatic rings. The molecule has 2 nitrogen and oxygen atoms in total. The summed E-state index contributed by atoms with van der Waals surface area (Å²) in [6.07, 6.45) is 7.35. The molecule has 0 aromatic heterocycles. The molecule has 4 aliphatic carbocycles. The van der Waals surface area contributed by atoms with Crippen LogP contribution in [-0.2, 0) is 17.4 Å². The van der Waals surface area contributed by atoms with E-state index >= 15 is 0 Å². The largest absolute Gasteiger partial charge is 0.494 e. The standard InChI is InChI=1S/C80H21NO/c1-3-13-82-19-11-7-17(8-12-19)14-81-15-79-74-66-58-48-38-30-22-20-21-24-28-26(22)34-42-36(28)46-40-32(24)33-25(21)29-27-23(20)31(30)39-45-35(27)43-37(29)47-41(33)51-50(40)62-56(46)64-54(42)60(52(58)44(34)38)68(74)70(64)76-72(62)73-63(51)57(47)65-55(43)61-53(45)59(49(39)48)67(66)75(79)69(61)71(65)77(73)80(76,79)78(81)18-9-5-16(4-2)6-10-18/h2,5-12,78H,3,13-15H2,1H3. The molecule has 0 amide bonds. The Labute approximate surface area is 453 Å². The third-order valence-corrected chi connectivity index (χ3v) is 28.0. The minimum absolute atomic E-state index is 0.0195. The third kappa shape index (κ3) is 1.98. The molecule has 2 spiro atoms. The fraction of sp³-hybridized carbons (Fsp3) is 0.100. The number of ether oxygens (including phenoxy) is 1. The Kier molecular flexibility index (Phi) is 3.27. The number of terminal acetylenes is 1. The molecule has 352 valence electrons. The van der Waals surface area contributed by atoms with Crippen molar-refractivity contribution in [2.24, 2.45) is 0 Å². The summed E-state index contributed by atoms with van der Waals surface area (Å²) in [5.74, 6) is 4.05. The molecule has 1 fully saturated rings. The van der Waals surface area contributed by atoms with Crippen LogP contribution < -0.4 is 4.74 Å². The van der Waals surface area contributed by atoms with Crippen LogP contribution in [0.3, 0.4) is 0 Å². The van der Waals surface area contributed by atoms with Gasteiger partial charge in [-0.15, -0.1) is 6.42 Å². The van der Waals surface area contributed by atoms with E-state index in [0.717, 1.165) is 37.4 Å². The quantitative estimate of drug-likeness (QED) is 0.122. The second-order valence-corrected chi connectivity index (χ2v) is 29.0. The monoisotopic (exact) mass is 1010 g/mol. The van der Waals surface area contributed by atoms with E-state index in [1.165, 1.54) is 11.1 Å². The van der Waals surface area contributed by atoms with Crippen molar-refractivity contribution >= 4 is 291 Å². The number of likely N-dealkylation sites (tertiary alicyclic amines) is 1. The van der Waals surface area contributed by atoms with Gasteiger partial charge in [-0.25, -0.2) is 0 Å². The predicted molar refractivity (Wildman–Crippen MR) is 344 cm³/mol. The maximum Gasteiger partial charge on any atom is 0.119 e. The van der Waals surface area contributed by atoms with Crippen LogP contribution >= 0.6 is 0 Å². The van der Waals surface area contributed by atoms with Crippen LogP contribution in [0, 0.1) is 12.3 Å². The zero-order valence-electron chi connectivity index (χ0n) is 43.0. The van der Waals surface area contributed by atoms with Crippen LogP contribution in [0.2, 0.25) is 0 Å². The number of rotatable bonds is 6. The summed E-state index contributed by atoms with van der Waals surface area (Å²) < 4.78 is 6.30. The molecule has 82 heavy (non-hydrogen) atoms. The Morgan fingerprint density at radius 3 is 0.902 bits per heavy atom. The normalized spacial score (nSPS) is 22.0. The van der Waals surface area contributed by atoms with Gasteiger partial charge in [0.05, 0.1) is 23.5 Å². The zero-order chi connectivity index (χ0) is 49.8. The van der Waals surface area contributed by atoms with E-state index in [0.29, 0.717) is 0 Å². The van der Waals surface area contributed by atoms with Gasteiger partial charge in [-0.3, -0.25) is 4.90 Å². The van der Waals surface area contributed by atoms with Gasteiger partial charge in [0.2, 0.25) is 0 Å². The molecule has 30 aromatic carbocycles. The molecule has 1 atom stereocenters. The number of hydrogen-bond acceptors (Lipinski definition) is 2. The van der Waals surface area contributed by atoms with Gasteiger partial charge in [-0.05, 0) is 355 Å². The molecule has 1 aliphatic heterocycles. The molecular weight excluding hydrogens is 991 g/mol. The van der Waals surface area contributed by atoms with Gasteiger partial charge in [-0.1, -0.05) is 37.1 Å². The lowest BCUT2D eigenvalue weighted by Gasteiger charge is -2.52. The molecule has 1 saturated heterocycles. The maximum atomic E-state index is 6.35. The first-order valence-electron chi connectivity index (χ1n) is 30.6. The molecule has 0 N–H and O–H groups in total. The van der Waals surface area contributed by atoms with Crippen molar-refractivity contribution in [2.75, 3.05) is 13.2 Å². The van der Waals surface area contributed by atoms with Crippen LogP contribution in [0.25, 0.3) is 291 Å². The highest BCUT2D eigenvalue weighted by Crippen LogP contribution is 2.87. The lowest BCUT2D eigenvalue weighted by Crippen LogP contribution is -2.51. The summed E-state index contributed by atoms with van der Waals surface area (Å²) in [4.78, 5) is 3.07. The Morgan fingerprint density at radius 1 is 0.366 bits per heavy atom. The second kappa shape index (κ2) is 8.10. The second-order valence-electron chi connectivity index (χ2n) is 29.0. The molecule has 0 radical (unpaired) electrons. The van der Waals surface area contributed by atoms with Crippen molar-refractivity contribution in [3.8, 4) is 18.1 Å². The fourth-order valence-electron chi connectivity index (χ4n) is 27.4. The summed E-state index contributed by atoms with van der Waals surface area (Å²) in [5, 5.41) is 88.9. The number of nitrogens with zero attached hydrogens (tertiary/aromatic N) is 1. The molecule has 2 heteroatoms. The average Bonchev–Trinajstić information content (AvgIpc) is 1.39. The molecule has 1 heterocycles. The van der Waals surface area contributed by atoms with E-state index in [1.54, 1.807) is 313 Å². The van der Waals surface area contributed by atoms with Crippen LogP contribution in [0.1, 0.15) is 58.3 Å². The third-order valence-electron chi connectivity index (χ3n) is 28.0. The number of hydrogen-bond donors (Lipinski definition) is 0. The summed E-state index contributed by atoms with van der Waals surface area (Å²) in [5.41, 5.74) is 9.83. The molecular formula is C80H21NO. The van der Waals surface area contributed by atoms with E-state index in [4.69, 9.17) is 11.2 Å². The van der Waals surface area contributed by atoms with E-state index in [1.807, 2.05) is 0 Å². The van der Waals surface area contributed by atoms with Crippen LogP contribution in [0.4, 0.5) is 0 Å². The minimum atomic E-state index is -0.444. The fourth-order valence-corrected chi connectivity index (χ4v) is 27.4. The van der Waals surface area contributed by atoms with Crippen LogP contribution in [-0.4, -0.2) is 18.1 Å². The van der Waals surface area contributed by atoms with Gasteiger partial charge in [0.1, 0.15) is 5.75 Å². The zero-order valence-corrected chi connectivity index (χ0v) is 43.0. The van der Waals surface area contributed by atoms with E-state index in [-0.39, 0.29) is 11.5 Å². The van der Waals surface area contributed by atoms with E-state index in [2.05, 4.69) is 66.3 Å². The molecule has 30 aromatic rings. The van der Waals surface area contributed by atoms with E-state index < -0.39 is 5.41 Å². The predicted octanol–water partition coefficient (Wildman–Crippen LogP) is 20.3. The highest BCUT2D eigenvalue weighted by Gasteiger charge is 2.76. The van der Waals surface area contributed by atoms with Crippen LogP contribution in [0.5, 0.6) is 5.75 Å². The van der Waals surface area contributed by atoms with Gasteiger partial charge in [0.25, 0.3) is 0 Å². The van der Waals surface area contributed by atoms with Gasteiger partial charge >= 0.3 is 0 Å². The van der Waals surface area contributed by atoms with Crippen molar-refractivity contribution < 1.29 is 4.74 Å². The minimum Gasteiger partial charge on any atom is -0.494 e. The Morgan fingerprint density at radius 2 is 0.634 bits per heavy atom. The van der Waals surface area contributed by atoms with Crippen LogP contribution in [0.15, 0.2) is 48.5 Å². The van der Waals surface area contributed by atoms with Gasteiger partial charge in [-0.2, -0.15) is 0 Å². The summed E-state index contributed by atoms with van der Waals surface area (Å²) >= 11 is 0. The Bertz CT molecular complexity index is 7850. The lowest BCUT2D eigenvalue weighted by atomic mass is 9.47. The molecule has 0 saturated carbocycles. The molecule has 35 rings (SSSR count). The number of benzene rings is 20. The molecule has 1 unspecified atom stereocenters. The van der Waals surface area contributed by atoms with Gasteiger partial charge in [0.15, 0.2) is 0 Å². The SMILES string of the molecule is C#Cc1ccc(C2N(Cc3ccc(OCCC)cc3)CC34c5c6c7c8c9c%10c(c%11c%12c3c3c5c5c%13c6c6c7c7c9c9c%14c%10c%10c%11c%11c%12c%12c3c3c5c5c%13c%13c6c6c7c9c7c9c%14c%10c%10c%11c%11c%12c3c3c5c5c%13c6c7c6c9c%10c%11c3c56)C824)cc1. The smallest absolute Gasteiger partial charge is 0.119 e. The van der Waals surface area contributed by atoms with Crippen molar-refractivity contribution in [1.29, 1.82) is 0 Å². The van der Waals surface area contributed by atoms with Gasteiger partial charge < -0.3 is 4.74 Å². The van der Waals surface area contributed by atoms with Crippen molar-refractivity contribution in [3.05, 3.63) is 87.5 Å². The summed E-state index contributed by atoms with van der Waals surface area (Å²) in [7, 11) is 0. The highest BCUT2D eigenvalue weighted by atomic mass is 16.5. The summed E-state index contributed by atoms with van der Waals surface area (Å²) in [6, 6.07) is 18.9. The van der Waals surface area contributed by atoms with Crippen molar-refractivity contribution in [3.63, 3.8) is 0 Å². The Balaban J connectivity index is 0.987. The van der Waals surface area contributed by atoms with E-state index in [9.17, 15) is 0 Å². The van der Waals surface area contributed by atoms with Crippen molar-refractivity contribution in [2.45, 2.75) is 36.8 Å². The average molecular weight is 1010 g/mol.